The lowest BCUT2D eigenvalue weighted by Crippen LogP contribution is -2.28. The third-order valence-corrected chi connectivity index (χ3v) is 9.41. The van der Waals surface area contributed by atoms with Gasteiger partial charge < -0.3 is 14.1 Å². The monoisotopic (exact) mass is 577 g/mol. The minimum atomic E-state index is -0.486. The van der Waals surface area contributed by atoms with E-state index < -0.39 is 5.41 Å². The van der Waals surface area contributed by atoms with Crippen molar-refractivity contribution < 1.29 is 14.1 Å². The van der Waals surface area contributed by atoms with Crippen LogP contribution in [0.1, 0.15) is 22.3 Å². The van der Waals surface area contributed by atoms with Crippen molar-refractivity contribution in [1.29, 1.82) is 0 Å². The molecular weight excluding hydrogens is 551 g/mol. The molecule has 0 amide bonds. The highest BCUT2D eigenvalue weighted by atomic mass is 16.5. The van der Waals surface area contributed by atoms with Gasteiger partial charge in [0.05, 0.1) is 5.41 Å². The maximum atomic E-state index is 9.57. The second-order valence-corrected chi connectivity index (χ2v) is 11.6. The first-order valence-electron chi connectivity index (χ1n) is 15.1. The molecule has 0 unspecified atom stereocenters. The summed E-state index contributed by atoms with van der Waals surface area (Å²) >= 11 is 0. The van der Waals surface area contributed by atoms with Crippen molar-refractivity contribution >= 4 is 40.4 Å². The minimum Gasteiger partial charge on any atom is -0.535 e. The molecule has 0 saturated carbocycles. The smallest absolute Gasteiger partial charge is 0.535 e. The number of hydrogen-bond donors (Lipinski definition) is 1. The van der Waals surface area contributed by atoms with E-state index in [1.165, 1.54) is 33.4 Å². The molecule has 1 radical (unpaired) electrons. The van der Waals surface area contributed by atoms with Crippen molar-refractivity contribution in [2.75, 3.05) is 0 Å². The third kappa shape index (κ3) is 3.64. The topological polar surface area (TPSA) is 42.6 Å². The molecule has 0 atom stereocenters. The fourth-order valence-corrected chi connectivity index (χ4v) is 7.60. The van der Waals surface area contributed by atoms with Gasteiger partial charge in [0.25, 0.3) is 0 Å². The Morgan fingerprint density at radius 3 is 1.96 bits per heavy atom. The normalized spacial score (nSPS) is 13.2. The number of fused-ring (bicyclic) bond motifs is 8. The minimum absolute atomic E-state index is 0.477. The lowest BCUT2D eigenvalue weighted by atomic mass is 9.67. The summed E-state index contributed by atoms with van der Waals surface area (Å²) in [6, 6.07) is 53.7. The molecule has 0 fully saturated rings. The van der Waals surface area contributed by atoms with Crippen LogP contribution in [0.25, 0.3) is 55.0 Å². The largest absolute Gasteiger partial charge is 0.569 e. The van der Waals surface area contributed by atoms with E-state index in [4.69, 9.17) is 9.07 Å². The van der Waals surface area contributed by atoms with Gasteiger partial charge in [-0.3, -0.25) is 0 Å². The molecular formula is C41H26BO3. The average Bonchev–Trinajstić information content (AvgIpc) is 3.64. The molecule has 0 saturated heterocycles. The van der Waals surface area contributed by atoms with Gasteiger partial charge in [-0.15, -0.1) is 0 Å². The van der Waals surface area contributed by atoms with Crippen LogP contribution in [-0.2, 0) is 5.41 Å². The summed E-state index contributed by atoms with van der Waals surface area (Å²) in [5.74, 6) is 0.477. The van der Waals surface area contributed by atoms with Gasteiger partial charge in [-0.05, 0) is 61.8 Å². The zero-order chi connectivity index (χ0) is 30.0. The van der Waals surface area contributed by atoms with Crippen molar-refractivity contribution in [1.82, 2.24) is 0 Å². The molecule has 9 rings (SSSR count). The van der Waals surface area contributed by atoms with Crippen LogP contribution in [0.5, 0.6) is 5.75 Å². The Hall–Kier alpha value is -5.58. The quantitative estimate of drug-likeness (QED) is 0.207. The van der Waals surface area contributed by atoms with E-state index in [2.05, 4.69) is 127 Å². The molecule has 7 aromatic carbocycles. The van der Waals surface area contributed by atoms with Gasteiger partial charge in [-0.1, -0.05) is 140 Å². The van der Waals surface area contributed by atoms with Gasteiger partial charge in [-0.25, -0.2) is 0 Å². The molecule has 0 bridgehead atoms. The average molecular weight is 577 g/mol. The summed E-state index contributed by atoms with van der Waals surface area (Å²) in [6.45, 7) is 0. The van der Waals surface area contributed by atoms with E-state index in [9.17, 15) is 5.02 Å². The zero-order valence-electron chi connectivity index (χ0n) is 24.3. The highest BCUT2D eigenvalue weighted by Crippen LogP contribution is 2.57. The lowest BCUT2D eigenvalue weighted by molar-refractivity contribution is 0.451. The summed E-state index contributed by atoms with van der Waals surface area (Å²) in [7, 11) is 0.711. The van der Waals surface area contributed by atoms with Crippen molar-refractivity contribution in [3.05, 3.63) is 174 Å². The first-order valence-corrected chi connectivity index (χ1v) is 15.1. The van der Waals surface area contributed by atoms with Crippen molar-refractivity contribution in [2.24, 2.45) is 0 Å². The Kier molecular flexibility index (Phi) is 5.74. The van der Waals surface area contributed by atoms with Gasteiger partial charge >= 0.3 is 7.69 Å². The first kappa shape index (κ1) is 25.9. The Morgan fingerprint density at radius 1 is 0.533 bits per heavy atom. The Labute approximate surface area is 261 Å². The fraction of sp³-hybridized carbons (Fsp3) is 0.0244. The Bertz CT molecular complexity index is 2350. The van der Waals surface area contributed by atoms with Gasteiger partial charge in [0.15, 0.2) is 5.58 Å². The van der Waals surface area contributed by atoms with E-state index in [0.29, 0.717) is 19.0 Å². The summed E-state index contributed by atoms with van der Waals surface area (Å²) < 4.78 is 12.2. The highest BCUT2D eigenvalue weighted by Gasteiger charge is 2.46. The van der Waals surface area contributed by atoms with Crippen LogP contribution in [0, 0.1) is 0 Å². The molecule has 8 aromatic rings. The van der Waals surface area contributed by atoms with Gasteiger partial charge in [0.2, 0.25) is 0 Å². The predicted molar refractivity (Wildman–Crippen MR) is 183 cm³/mol. The molecule has 1 heterocycles. The van der Waals surface area contributed by atoms with Gasteiger partial charge in [0.1, 0.15) is 11.3 Å². The standard InChI is InChI=1S/C41H26BO3/c43-42-45-37-25-26-12-7-8-17-30(26)38-34-20-11-19-31(39(34)44-40(37)38)27-22-23-33-32-18-9-10-21-35(32)41(36(33)24-27,28-13-3-1-4-14-28)29-15-5-2-6-16-29/h1-25,43H. The molecule has 45 heavy (non-hydrogen) atoms. The van der Waals surface area contributed by atoms with E-state index >= 15 is 0 Å². The van der Waals surface area contributed by atoms with Crippen LogP contribution in [0.4, 0.5) is 0 Å². The second-order valence-electron chi connectivity index (χ2n) is 11.6. The van der Waals surface area contributed by atoms with Crippen LogP contribution >= 0.6 is 0 Å². The van der Waals surface area contributed by atoms with Gasteiger partial charge in [0, 0.05) is 16.3 Å². The number of rotatable bonds is 5. The van der Waals surface area contributed by atoms with E-state index in [1.807, 2.05) is 24.3 Å². The molecule has 4 heteroatoms. The van der Waals surface area contributed by atoms with E-state index in [1.54, 1.807) is 0 Å². The second kappa shape index (κ2) is 9.98. The van der Waals surface area contributed by atoms with Crippen LogP contribution in [0.15, 0.2) is 156 Å². The molecule has 0 aliphatic heterocycles. The Balaban J connectivity index is 1.35. The molecule has 1 aliphatic carbocycles. The Morgan fingerprint density at radius 2 is 1.18 bits per heavy atom. The maximum absolute atomic E-state index is 9.57. The van der Waals surface area contributed by atoms with Crippen LogP contribution < -0.4 is 4.65 Å². The molecule has 1 N–H and O–H groups in total. The zero-order valence-corrected chi connectivity index (χ0v) is 24.3. The number of para-hydroxylation sites is 1. The number of furan rings is 1. The molecule has 211 valence electrons. The van der Waals surface area contributed by atoms with Crippen LogP contribution in [0.2, 0.25) is 0 Å². The predicted octanol–water partition coefficient (Wildman–Crippen LogP) is 9.67. The van der Waals surface area contributed by atoms with Crippen LogP contribution in [-0.4, -0.2) is 12.7 Å². The van der Waals surface area contributed by atoms with E-state index in [-0.39, 0.29) is 0 Å². The van der Waals surface area contributed by atoms with Crippen molar-refractivity contribution in [3.8, 4) is 28.0 Å². The SMILES string of the molecule is O[B]Oc1cc2ccccc2c2c1oc1c(-c3ccc4c(c3)C(c3ccccc3)(c3ccccc3)c3ccccc3-4)cccc12. The van der Waals surface area contributed by atoms with Crippen molar-refractivity contribution in [3.63, 3.8) is 0 Å². The highest BCUT2D eigenvalue weighted by molar-refractivity contribution is 6.24. The lowest BCUT2D eigenvalue weighted by Gasteiger charge is -2.34. The molecule has 1 aromatic heterocycles. The summed E-state index contributed by atoms with van der Waals surface area (Å²) in [6.07, 6.45) is 0. The third-order valence-electron chi connectivity index (χ3n) is 9.41. The summed E-state index contributed by atoms with van der Waals surface area (Å²) in [4.78, 5) is 0. The molecule has 1 aliphatic rings. The maximum Gasteiger partial charge on any atom is 0.569 e. The number of hydrogen-bond acceptors (Lipinski definition) is 3. The summed E-state index contributed by atoms with van der Waals surface area (Å²) in [5.41, 5.74) is 10.5. The van der Waals surface area contributed by atoms with Crippen molar-refractivity contribution in [2.45, 2.75) is 5.41 Å². The molecule has 0 spiro atoms. The molecule has 3 nitrogen and oxygen atoms in total. The van der Waals surface area contributed by atoms with Crippen LogP contribution in [0.3, 0.4) is 0 Å². The first-order chi connectivity index (χ1) is 22.3. The number of benzene rings is 7. The summed E-state index contributed by atoms with van der Waals surface area (Å²) in [5, 5.41) is 13.6. The van der Waals surface area contributed by atoms with E-state index in [0.717, 1.165) is 38.3 Å². The fourth-order valence-electron chi connectivity index (χ4n) is 7.60. The van der Waals surface area contributed by atoms with Gasteiger partial charge in [-0.2, -0.15) is 0 Å².